The smallest absolute Gasteiger partial charge is 0.240 e. The number of nitrogens with two attached hydrogens (primary N) is 1. The number of hydrogen-bond acceptors (Lipinski definition) is 5. The third-order valence-electron chi connectivity index (χ3n) is 2.24. The lowest BCUT2D eigenvalue weighted by Crippen LogP contribution is -2.29. The number of para-hydroxylation sites is 1. The van der Waals surface area contributed by atoms with Gasteiger partial charge in [-0.15, -0.1) is 0 Å². The summed E-state index contributed by atoms with van der Waals surface area (Å²) in [5, 5.41) is 7.82. The topological polar surface area (TPSA) is 118 Å². The van der Waals surface area contributed by atoms with E-state index in [4.69, 9.17) is 5.14 Å². The Labute approximate surface area is 113 Å². The average Bonchev–Trinajstić information content (AvgIpc) is 2.28. The van der Waals surface area contributed by atoms with Gasteiger partial charge in [-0.1, -0.05) is 19.1 Å². The Bertz CT molecular complexity index is 626. The maximum absolute atomic E-state index is 11.4. The second kappa shape index (κ2) is 6.33. The molecule has 108 valence electrons. The molecule has 0 heterocycles. The first-order chi connectivity index (χ1) is 8.76. The molecule has 0 unspecified atom stereocenters. The van der Waals surface area contributed by atoms with Crippen molar-refractivity contribution in [3.63, 3.8) is 0 Å². The van der Waals surface area contributed by atoms with E-state index in [0.717, 1.165) is 0 Å². The van der Waals surface area contributed by atoms with Gasteiger partial charge in [0.2, 0.25) is 20.0 Å². The Hall–Kier alpha value is -1.16. The predicted octanol–water partition coefficient (Wildman–Crippen LogP) is -0.315. The summed E-state index contributed by atoms with van der Waals surface area (Å²) < 4.78 is 47.8. The summed E-state index contributed by atoms with van der Waals surface area (Å²) >= 11 is 0. The van der Waals surface area contributed by atoms with Crippen molar-refractivity contribution in [1.29, 1.82) is 0 Å². The Morgan fingerprint density at radius 1 is 1.16 bits per heavy atom. The minimum atomic E-state index is -3.84. The summed E-state index contributed by atoms with van der Waals surface area (Å²) in [6, 6.07) is 6.06. The summed E-state index contributed by atoms with van der Waals surface area (Å²) in [5.74, 6) is -0.153. The minimum Gasteiger partial charge on any atom is -0.383 e. The van der Waals surface area contributed by atoms with E-state index in [1.165, 1.54) is 12.1 Å². The van der Waals surface area contributed by atoms with Crippen molar-refractivity contribution in [2.75, 3.05) is 24.2 Å². The van der Waals surface area contributed by atoms with Crippen LogP contribution >= 0.6 is 0 Å². The molecular weight excluding hydrogens is 290 g/mol. The predicted molar refractivity (Wildman–Crippen MR) is 73.8 cm³/mol. The van der Waals surface area contributed by atoms with Crippen molar-refractivity contribution in [1.82, 2.24) is 4.72 Å². The number of primary sulfonamides is 1. The third kappa shape index (κ3) is 5.15. The highest BCUT2D eigenvalue weighted by molar-refractivity contribution is 7.89. The normalized spacial score (nSPS) is 12.3. The van der Waals surface area contributed by atoms with Crippen LogP contribution in [0.25, 0.3) is 0 Å². The van der Waals surface area contributed by atoms with Gasteiger partial charge in [0.05, 0.1) is 11.4 Å². The Kier molecular flexibility index (Phi) is 5.29. The van der Waals surface area contributed by atoms with E-state index in [2.05, 4.69) is 10.0 Å². The molecule has 0 fully saturated rings. The maximum Gasteiger partial charge on any atom is 0.240 e. The lowest BCUT2D eigenvalue weighted by Gasteiger charge is -2.10. The number of hydrogen-bond donors (Lipinski definition) is 3. The van der Waals surface area contributed by atoms with Crippen molar-refractivity contribution >= 4 is 25.7 Å². The molecule has 0 bridgehead atoms. The van der Waals surface area contributed by atoms with Gasteiger partial charge in [0, 0.05) is 13.1 Å². The molecule has 1 aromatic carbocycles. The van der Waals surface area contributed by atoms with E-state index in [0.29, 0.717) is 6.54 Å². The molecule has 1 rings (SSSR count). The lowest BCUT2D eigenvalue weighted by atomic mass is 10.3. The summed E-state index contributed by atoms with van der Waals surface area (Å²) in [6.07, 6.45) is 0. The molecule has 9 heteroatoms. The molecule has 0 spiro atoms. The van der Waals surface area contributed by atoms with Crippen LogP contribution in [0.2, 0.25) is 0 Å². The van der Waals surface area contributed by atoms with E-state index in [-0.39, 0.29) is 22.9 Å². The maximum atomic E-state index is 11.4. The number of benzene rings is 1. The van der Waals surface area contributed by atoms with Crippen LogP contribution in [0.3, 0.4) is 0 Å². The molecule has 0 saturated heterocycles. The largest absolute Gasteiger partial charge is 0.383 e. The second-order valence-corrected chi connectivity index (χ2v) is 7.24. The van der Waals surface area contributed by atoms with Crippen LogP contribution < -0.4 is 15.2 Å². The number of sulfonamides is 2. The van der Waals surface area contributed by atoms with E-state index in [1.807, 2.05) is 0 Å². The average molecular weight is 307 g/mol. The minimum absolute atomic E-state index is 0.0594. The van der Waals surface area contributed by atoms with Crippen molar-refractivity contribution in [3.8, 4) is 0 Å². The fourth-order valence-corrected chi connectivity index (χ4v) is 3.14. The Balaban J connectivity index is 2.75. The molecule has 0 aliphatic carbocycles. The summed E-state index contributed by atoms with van der Waals surface area (Å²) in [7, 11) is -7.18. The van der Waals surface area contributed by atoms with Gasteiger partial charge in [-0.3, -0.25) is 0 Å². The fourth-order valence-electron chi connectivity index (χ4n) is 1.47. The highest BCUT2D eigenvalue weighted by Crippen LogP contribution is 2.18. The summed E-state index contributed by atoms with van der Waals surface area (Å²) in [5.41, 5.74) is 0.289. The number of rotatable bonds is 7. The second-order valence-electron chi connectivity index (χ2n) is 3.78. The van der Waals surface area contributed by atoms with E-state index >= 15 is 0 Å². The van der Waals surface area contributed by atoms with Gasteiger partial charge in [0.25, 0.3) is 0 Å². The molecule has 0 aliphatic heterocycles. The molecule has 0 amide bonds. The molecule has 0 aromatic heterocycles. The van der Waals surface area contributed by atoms with Gasteiger partial charge < -0.3 is 5.32 Å². The molecule has 1 aromatic rings. The van der Waals surface area contributed by atoms with Gasteiger partial charge in [-0.05, 0) is 12.1 Å². The van der Waals surface area contributed by atoms with Crippen molar-refractivity contribution in [3.05, 3.63) is 24.3 Å². The molecule has 0 radical (unpaired) electrons. The molecule has 7 nitrogen and oxygen atoms in total. The zero-order valence-corrected chi connectivity index (χ0v) is 12.1. The van der Waals surface area contributed by atoms with Crippen molar-refractivity contribution < 1.29 is 16.8 Å². The zero-order valence-electron chi connectivity index (χ0n) is 10.5. The zero-order chi connectivity index (χ0) is 14.5. The van der Waals surface area contributed by atoms with Crippen LogP contribution in [0, 0.1) is 0 Å². The van der Waals surface area contributed by atoms with Gasteiger partial charge >= 0.3 is 0 Å². The summed E-state index contributed by atoms with van der Waals surface area (Å²) in [4.78, 5) is -0.0594. The highest BCUT2D eigenvalue weighted by Gasteiger charge is 2.14. The molecule has 4 N–H and O–H groups in total. The third-order valence-corrected chi connectivity index (χ3v) is 4.68. The van der Waals surface area contributed by atoms with Gasteiger partial charge in [0.15, 0.2) is 0 Å². The van der Waals surface area contributed by atoms with Crippen LogP contribution in [-0.4, -0.2) is 35.7 Å². The Morgan fingerprint density at radius 2 is 1.79 bits per heavy atom. The summed E-state index contributed by atoms with van der Waals surface area (Å²) in [6.45, 7) is 2.08. The van der Waals surface area contributed by atoms with Gasteiger partial charge in [0.1, 0.15) is 4.90 Å². The first-order valence-electron chi connectivity index (χ1n) is 5.59. The SMILES string of the molecule is CCNS(=O)(=O)CCNc1ccccc1S(N)(=O)=O. The van der Waals surface area contributed by atoms with Gasteiger partial charge in [-0.25, -0.2) is 26.7 Å². The highest BCUT2D eigenvalue weighted by atomic mass is 32.2. The fraction of sp³-hybridized carbons (Fsp3) is 0.400. The molecule has 0 atom stereocenters. The van der Waals surface area contributed by atoms with Crippen LogP contribution in [0.5, 0.6) is 0 Å². The van der Waals surface area contributed by atoms with E-state index in [9.17, 15) is 16.8 Å². The molecule has 0 aliphatic rings. The number of anilines is 1. The van der Waals surface area contributed by atoms with E-state index in [1.54, 1.807) is 19.1 Å². The van der Waals surface area contributed by atoms with Gasteiger partial charge in [-0.2, -0.15) is 0 Å². The standard InChI is InChI=1S/C10H17N3O4S2/c1-2-13-18(14,15)8-7-12-9-5-3-4-6-10(9)19(11,16)17/h3-6,12-13H,2,7-8H2,1H3,(H2,11,16,17). The number of nitrogens with one attached hydrogen (secondary N) is 2. The van der Waals surface area contributed by atoms with Crippen LogP contribution in [0.4, 0.5) is 5.69 Å². The Morgan fingerprint density at radius 3 is 2.37 bits per heavy atom. The van der Waals surface area contributed by atoms with Crippen molar-refractivity contribution in [2.24, 2.45) is 5.14 Å². The lowest BCUT2D eigenvalue weighted by molar-refractivity contribution is 0.584. The van der Waals surface area contributed by atoms with Crippen LogP contribution in [0.1, 0.15) is 6.92 Å². The molecule has 19 heavy (non-hydrogen) atoms. The first-order valence-corrected chi connectivity index (χ1v) is 8.79. The van der Waals surface area contributed by atoms with E-state index < -0.39 is 20.0 Å². The molecule has 0 saturated carbocycles. The monoisotopic (exact) mass is 307 g/mol. The first kappa shape index (κ1) is 15.9. The van der Waals surface area contributed by atoms with Crippen LogP contribution in [0.15, 0.2) is 29.2 Å². The molecular formula is C10H17N3O4S2. The van der Waals surface area contributed by atoms with Crippen LogP contribution in [-0.2, 0) is 20.0 Å². The van der Waals surface area contributed by atoms with Crippen molar-refractivity contribution in [2.45, 2.75) is 11.8 Å². The quantitative estimate of drug-likeness (QED) is 0.638.